The number of alkyl halides is 2. The molecule has 2 aromatic heterocycles. The molecule has 0 spiro atoms. The fraction of sp³-hybridized carbons (Fsp3) is 0.182. The van der Waals surface area contributed by atoms with Crippen molar-refractivity contribution in [2.45, 2.75) is 25.6 Å². The predicted octanol–water partition coefficient (Wildman–Crippen LogP) is 3.79. The van der Waals surface area contributed by atoms with Crippen LogP contribution in [0.2, 0.25) is 0 Å². The van der Waals surface area contributed by atoms with Crippen LogP contribution in [0.4, 0.5) is 14.6 Å². The first-order valence-corrected chi connectivity index (χ1v) is 11.1. The Morgan fingerprint density at radius 1 is 1.12 bits per heavy atom. The number of carbonyl (C=O) groups is 1. The number of amides is 1. The van der Waals surface area contributed by atoms with Gasteiger partial charge in [-0.05, 0) is 50.2 Å². The molecule has 1 amide bonds. The molecule has 0 aliphatic carbocycles. The molecular weight excluding hydrogens is 464 g/mol. The summed E-state index contributed by atoms with van der Waals surface area (Å²) in [6.07, 6.45) is 0. The highest BCUT2D eigenvalue weighted by Gasteiger charge is 2.16. The van der Waals surface area contributed by atoms with Crippen LogP contribution in [0.3, 0.4) is 0 Å². The first-order valence-electron chi connectivity index (χ1n) is 10.1. The Labute approximate surface area is 197 Å². The number of aromatic nitrogens is 5. The molecule has 176 valence electrons. The van der Waals surface area contributed by atoms with Crippen LogP contribution in [0.15, 0.2) is 59.8 Å². The molecule has 4 aromatic rings. The molecule has 0 bridgehead atoms. The highest BCUT2D eigenvalue weighted by molar-refractivity contribution is 7.99. The predicted molar refractivity (Wildman–Crippen MR) is 125 cm³/mol. The topological polar surface area (TPSA) is 113 Å². The van der Waals surface area contributed by atoms with E-state index in [-0.39, 0.29) is 17.4 Å². The van der Waals surface area contributed by atoms with Crippen molar-refractivity contribution in [1.82, 2.24) is 24.7 Å². The third-order valence-electron chi connectivity index (χ3n) is 4.71. The SMILES string of the molecule is Cc1ccc(-n2nc(C)cc2NC(=O)CSc2nnc(-c3ccc(OC(F)F)cc3)n2N)cc1. The number of hydrogen-bond donors (Lipinski definition) is 2. The lowest BCUT2D eigenvalue weighted by molar-refractivity contribution is -0.113. The number of nitrogens with zero attached hydrogens (tertiary/aromatic N) is 5. The first kappa shape index (κ1) is 23.2. The molecule has 0 aliphatic rings. The summed E-state index contributed by atoms with van der Waals surface area (Å²) >= 11 is 1.11. The fourth-order valence-electron chi connectivity index (χ4n) is 3.14. The summed E-state index contributed by atoms with van der Waals surface area (Å²) in [5.74, 6) is 6.74. The van der Waals surface area contributed by atoms with E-state index in [9.17, 15) is 13.6 Å². The molecule has 2 aromatic carbocycles. The van der Waals surface area contributed by atoms with Gasteiger partial charge in [0.05, 0.1) is 17.1 Å². The molecule has 34 heavy (non-hydrogen) atoms. The first-order chi connectivity index (χ1) is 16.3. The smallest absolute Gasteiger partial charge is 0.387 e. The van der Waals surface area contributed by atoms with Crippen molar-refractivity contribution in [3.8, 4) is 22.8 Å². The Morgan fingerprint density at radius 3 is 2.50 bits per heavy atom. The molecule has 0 saturated carbocycles. The molecule has 3 N–H and O–H groups in total. The molecule has 0 atom stereocenters. The Bertz CT molecular complexity index is 1290. The number of thioether (sulfide) groups is 1. The van der Waals surface area contributed by atoms with E-state index in [1.807, 2.05) is 38.1 Å². The van der Waals surface area contributed by atoms with Gasteiger partial charge in [0.2, 0.25) is 11.1 Å². The number of anilines is 1. The largest absolute Gasteiger partial charge is 0.435 e. The maximum absolute atomic E-state index is 12.6. The summed E-state index contributed by atoms with van der Waals surface area (Å²) in [6, 6.07) is 15.4. The maximum Gasteiger partial charge on any atom is 0.387 e. The van der Waals surface area contributed by atoms with Crippen LogP contribution in [0.25, 0.3) is 17.1 Å². The van der Waals surface area contributed by atoms with Crippen molar-refractivity contribution in [2.24, 2.45) is 0 Å². The molecule has 4 rings (SSSR count). The average molecular weight is 486 g/mol. The van der Waals surface area contributed by atoms with Gasteiger partial charge in [-0.2, -0.15) is 13.9 Å². The van der Waals surface area contributed by atoms with E-state index in [4.69, 9.17) is 5.84 Å². The quantitative estimate of drug-likeness (QED) is 0.288. The summed E-state index contributed by atoms with van der Waals surface area (Å²) in [4.78, 5) is 12.6. The molecule has 0 fully saturated rings. The number of carbonyl (C=O) groups excluding carboxylic acids is 1. The lowest BCUT2D eigenvalue weighted by Crippen LogP contribution is -2.18. The second-order valence-electron chi connectivity index (χ2n) is 7.33. The summed E-state index contributed by atoms with van der Waals surface area (Å²) in [5, 5.41) is 15.7. The van der Waals surface area contributed by atoms with Gasteiger partial charge in [-0.15, -0.1) is 10.2 Å². The minimum atomic E-state index is -2.90. The number of aryl methyl sites for hydroxylation is 2. The van der Waals surface area contributed by atoms with Crippen LogP contribution in [0, 0.1) is 13.8 Å². The van der Waals surface area contributed by atoms with Crippen LogP contribution in [0.5, 0.6) is 5.75 Å². The summed E-state index contributed by atoms with van der Waals surface area (Å²) in [5.41, 5.74) is 3.28. The van der Waals surface area contributed by atoms with Crippen LogP contribution >= 0.6 is 11.8 Å². The molecular formula is C22H21F2N7O2S. The third kappa shape index (κ3) is 5.34. The van der Waals surface area contributed by atoms with Crippen LogP contribution in [-0.4, -0.2) is 42.9 Å². The molecule has 0 saturated heterocycles. The number of hydrogen-bond acceptors (Lipinski definition) is 7. The minimum absolute atomic E-state index is 0.0215. The van der Waals surface area contributed by atoms with E-state index in [0.717, 1.165) is 28.7 Å². The monoisotopic (exact) mass is 485 g/mol. The normalized spacial score (nSPS) is 11.1. The van der Waals surface area contributed by atoms with E-state index in [1.165, 1.54) is 16.8 Å². The van der Waals surface area contributed by atoms with Crippen molar-refractivity contribution < 1.29 is 18.3 Å². The van der Waals surface area contributed by atoms with E-state index >= 15 is 0 Å². The second kappa shape index (κ2) is 9.91. The van der Waals surface area contributed by atoms with Gasteiger partial charge in [0, 0.05) is 11.6 Å². The van der Waals surface area contributed by atoms with Crippen molar-refractivity contribution >= 4 is 23.5 Å². The average Bonchev–Trinajstić information content (AvgIpc) is 3.35. The number of nitrogens with two attached hydrogens (primary N) is 1. The van der Waals surface area contributed by atoms with Crippen molar-refractivity contribution in [3.05, 3.63) is 65.9 Å². The van der Waals surface area contributed by atoms with Gasteiger partial charge < -0.3 is 15.9 Å². The van der Waals surface area contributed by atoms with Crippen LogP contribution in [-0.2, 0) is 4.79 Å². The van der Waals surface area contributed by atoms with E-state index in [1.54, 1.807) is 22.9 Å². The zero-order valence-corrected chi connectivity index (χ0v) is 19.1. The lowest BCUT2D eigenvalue weighted by Gasteiger charge is -2.09. The molecule has 0 radical (unpaired) electrons. The van der Waals surface area contributed by atoms with Gasteiger partial charge in [0.15, 0.2) is 5.82 Å². The van der Waals surface area contributed by atoms with Gasteiger partial charge >= 0.3 is 6.61 Å². The molecule has 2 heterocycles. The van der Waals surface area contributed by atoms with Crippen molar-refractivity contribution in [3.63, 3.8) is 0 Å². The minimum Gasteiger partial charge on any atom is -0.435 e. The third-order valence-corrected chi connectivity index (χ3v) is 5.66. The highest BCUT2D eigenvalue weighted by atomic mass is 32.2. The number of nitrogens with one attached hydrogen (secondary N) is 1. The van der Waals surface area contributed by atoms with Gasteiger partial charge in [0.1, 0.15) is 11.6 Å². The van der Waals surface area contributed by atoms with Gasteiger partial charge in [-0.25, -0.2) is 9.36 Å². The molecule has 0 unspecified atom stereocenters. The van der Waals surface area contributed by atoms with Gasteiger partial charge in [-0.1, -0.05) is 29.5 Å². The zero-order chi connectivity index (χ0) is 24.2. The number of ether oxygens (including phenoxy) is 1. The van der Waals surface area contributed by atoms with Crippen LogP contribution < -0.4 is 15.9 Å². The maximum atomic E-state index is 12.6. The number of halogens is 2. The highest BCUT2D eigenvalue weighted by Crippen LogP contribution is 2.25. The fourth-order valence-corrected chi connectivity index (χ4v) is 3.79. The number of rotatable bonds is 8. The lowest BCUT2D eigenvalue weighted by atomic mass is 10.2. The summed E-state index contributed by atoms with van der Waals surface area (Å²) in [7, 11) is 0. The summed E-state index contributed by atoms with van der Waals surface area (Å²) < 4.78 is 31.9. The van der Waals surface area contributed by atoms with E-state index in [2.05, 4.69) is 25.3 Å². The van der Waals surface area contributed by atoms with E-state index < -0.39 is 6.61 Å². The molecule has 9 nitrogen and oxygen atoms in total. The van der Waals surface area contributed by atoms with Gasteiger partial charge in [0.25, 0.3) is 0 Å². The van der Waals surface area contributed by atoms with E-state index in [0.29, 0.717) is 22.4 Å². The van der Waals surface area contributed by atoms with Crippen molar-refractivity contribution in [1.29, 1.82) is 0 Å². The summed E-state index contributed by atoms with van der Waals surface area (Å²) in [6.45, 7) is 0.938. The van der Waals surface area contributed by atoms with Crippen molar-refractivity contribution in [2.75, 3.05) is 16.9 Å². The zero-order valence-electron chi connectivity index (χ0n) is 18.3. The molecule has 12 heteroatoms. The number of nitrogen functional groups attached to an aromatic ring is 1. The Balaban J connectivity index is 1.41. The standard InChI is InChI=1S/C22H21F2N7O2S/c1-13-3-7-16(8-4-13)31-18(11-14(2)29-31)26-19(32)12-34-22-28-27-20(30(22)25)15-5-9-17(10-6-15)33-21(23)24/h3-11,21H,12,25H2,1-2H3,(H,26,32). The molecule has 0 aliphatic heterocycles. The second-order valence-corrected chi connectivity index (χ2v) is 8.28. The Kier molecular flexibility index (Phi) is 6.77. The van der Waals surface area contributed by atoms with Crippen LogP contribution in [0.1, 0.15) is 11.3 Å². The Hall–Kier alpha value is -3.93. The van der Waals surface area contributed by atoms with Gasteiger partial charge in [-0.3, -0.25) is 4.79 Å². The number of benzene rings is 2. The Morgan fingerprint density at radius 2 is 1.82 bits per heavy atom.